The summed E-state index contributed by atoms with van der Waals surface area (Å²) >= 11 is 0. The number of ether oxygens (including phenoxy) is 2. The van der Waals surface area contributed by atoms with E-state index in [2.05, 4.69) is 17.3 Å². The Morgan fingerprint density at radius 2 is 1.72 bits per heavy atom. The minimum atomic E-state index is -0.756. The minimum absolute atomic E-state index is 0.0212. The van der Waals surface area contributed by atoms with Crippen molar-refractivity contribution in [3.05, 3.63) is 64.6 Å². The molecule has 0 bridgehead atoms. The van der Waals surface area contributed by atoms with Gasteiger partial charge in [0.25, 0.3) is 11.5 Å². The van der Waals surface area contributed by atoms with Crippen LogP contribution in [-0.2, 0) is 16.1 Å². The summed E-state index contributed by atoms with van der Waals surface area (Å²) in [4.78, 5) is 37.7. The SMILES string of the molecule is CCCCCCn1nc(C(=O)OCC(=O)Nc2ccc(OC)cc2)c2ccccc2c1=O. The number of aryl methyl sites for hydroxylation is 1. The van der Waals surface area contributed by atoms with Gasteiger partial charge >= 0.3 is 5.97 Å². The summed E-state index contributed by atoms with van der Waals surface area (Å²) < 4.78 is 11.6. The molecule has 1 aromatic heterocycles. The molecule has 0 aliphatic heterocycles. The molecule has 32 heavy (non-hydrogen) atoms. The fourth-order valence-corrected chi connectivity index (χ4v) is 3.30. The molecule has 0 atom stereocenters. The second-order valence-electron chi connectivity index (χ2n) is 7.34. The van der Waals surface area contributed by atoms with Crippen LogP contribution in [0.25, 0.3) is 10.8 Å². The molecule has 0 fully saturated rings. The van der Waals surface area contributed by atoms with Gasteiger partial charge in [-0.15, -0.1) is 0 Å². The molecular weight excluding hydrogens is 410 g/mol. The van der Waals surface area contributed by atoms with Crippen LogP contribution in [0.2, 0.25) is 0 Å². The van der Waals surface area contributed by atoms with Crippen LogP contribution >= 0.6 is 0 Å². The van der Waals surface area contributed by atoms with E-state index in [-0.39, 0.29) is 11.3 Å². The van der Waals surface area contributed by atoms with Crippen molar-refractivity contribution in [2.24, 2.45) is 0 Å². The van der Waals surface area contributed by atoms with Gasteiger partial charge in [0.1, 0.15) is 5.75 Å². The number of benzene rings is 2. The lowest BCUT2D eigenvalue weighted by Gasteiger charge is -2.11. The summed E-state index contributed by atoms with van der Waals surface area (Å²) in [6, 6.07) is 13.6. The summed E-state index contributed by atoms with van der Waals surface area (Å²) in [5, 5.41) is 7.71. The van der Waals surface area contributed by atoms with E-state index in [1.807, 2.05) is 0 Å². The third-order valence-electron chi connectivity index (χ3n) is 4.99. The Hall–Kier alpha value is -3.68. The Morgan fingerprint density at radius 3 is 2.41 bits per heavy atom. The number of amides is 1. The van der Waals surface area contributed by atoms with E-state index in [1.54, 1.807) is 55.6 Å². The molecule has 0 unspecified atom stereocenters. The smallest absolute Gasteiger partial charge is 0.359 e. The highest BCUT2D eigenvalue weighted by Crippen LogP contribution is 2.16. The third kappa shape index (κ3) is 5.72. The van der Waals surface area contributed by atoms with Crippen LogP contribution < -0.4 is 15.6 Å². The first-order valence-electron chi connectivity index (χ1n) is 10.6. The summed E-state index contributed by atoms with van der Waals surface area (Å²) in [5.74, 6) is -0.578. The minimum Gasteiger partial charge on any atom is -0.497 e. The van der Waals surface area contributed by atoms with Crippen molar-refractivity contribution >= 4 is 28.3 Å². The monoisotopic (exact) mass is 437 g/mol. The molecular formula is C24H27N3O5. The molecule has 1 amide bonds. The van der Waals surface area contributed by atoms with Gasteiger partial charge in [-0.3, -0.25) is 9.59 Å². The average Bonchev–Trinajstić information content (AvgIpc) is 2.82. The number of fused-ring (bicyclic) bond motifs is 1. The van der Waals surface area contributed by atoms with E-state index < -0.39 is 18.5 Å². The fraction of sp³-hybridized carbons (Fsp3) is 0.333. The van der Waals surface area contributed by atoms with Crippen molar-refractivity contribution in [2.75, 3.05) is 19.0 Å². The topological polar surface area (TPSA) is 99.5 Å². The largest absolute Gasteiger partial charge is 0.497 e. The number of rotatable bonds is 10. The number of nitrogens with zero attached hydrogens (tertiary/aromatic N) is 2. The predicted molar refractivity (Wildman–Crippen MR) is 122 cm³/mol. The summed E-state index contributed by atoms with van der Waals surface area (Å²) in [6.07, 6.45) is 3.91. The Bertz CT molecular complexity index is 1140. The van der Waals surface area contributed by atoms with E-state index >= 15 is 0 Å². The first-order chi connectivity index (χ1) is 15.5. The van der Waals surface area contributed by atoms with Crippen molar-refractivity contribution in [1.29, 1.82) is 0 Å². The van der Waals surface area contributed by atoms with Crippen LogP contribution in [0.3, 0.4) is 0 Å². The number of aromatic nitrogens is 2. The van der Waals surface area contributed by atoms with Gasteiger partial charge in [0.15, 0.2) is 12.3 Å². The van der Waals surface area contributed by atoms with Crippen molar-refractivity contribution in [3.63, 3.8) is 0 Å². The number of nitrogens with one attached hydrogen (secondary N) is 1. The number of carbonyl (C=O) groups excluding carboxylic acids is 2. The maximum absolute atomic E-state index is 12.8. The van der Waals surface area contributed by atoms with E-state index in [0.717, 1.165) is 25.7 Å². The Balaban J connectivity index is 1.72. The van der Waals surface area contributed by atoms with Gasteiger partial charge in [0.2, 0.25) is 0 Å². The summed E-state index contributed by atoms with van der Waals surface area (Å²) in [5.41, 5.74) is 0.329. The fourth-order valence-electron chi connectivity index (χ4n) is 3.30. The molecule has 8 heteroatoms. The van der Waals surface area contributed by atoms with Crippen molar-refractivity contribution < 1.29 is 19.1 Å². The molecule has 0 radical (unpaired) electrons. The molecule has 0 saturated carbocycles. The lowest BCUT2D eigenvalue weighted by molar-refractivity contribution is -0.119. The summed E-state index contributed by atoms with van der Waals surface area (Å²) in [7, 11) is 1.55. The van der Waals surface area contributed by atoms with Gasteiger partial charge in [-0.1, -0.05) is 44.4 Å². The maximum Gasteiger partial charge on any atom is 0.359 e. The van der Waals surface area contributed by atoms with Crippen LogP contribution in [-0.4, -0.2) is 35.4 Å². The quantitative estimate of drug-likeness (QED) is 0.383. The highest BCUT2D eigenvalue weighted by molar-refractivity contribution is 6.03. The van der Waals surface area contributed by atoms with Gasteiger partial charge in [-0.25, -0.2) is 9.48 Å². The zero-order chi connectivity index (χ0) is 22.9. The Morgan fingerprint density at radius 1 is 1.00 bits per heavy atom. The van der Waals surface area contributed by atoms with Gasteiger partial charge in [-0.05, 0) is 36.8 Å². The van der Waals surface area contributed by atoms with Crippen molar-refractivity contribution in [1.82, 2.24) is 9.78 Å². The van der Waals surface area contributed by atoms with E-state index in [9.17, 15) is 14.4 Å². The molecule has 3 rings (SSSR count). The molecule has 8 nitrogen and oxygen atoms in total. The highest BCUT2D eigenvalue weighted by atomic mass is 16.5. The molecule has 0 saturated heterocycles. The number of unbranched alkanes of at least 4 members (excludes halogenated alkanes) is 3. The van der Waals surface area contributed by atoms with Gasteiger partial charge in [0.05, 0.1) is 12.5 Å². The zero-order valence-electron chi connectivity index (χ0n) is 18.3. The number of hydrogen-bond donors (Lipinski definition) is 1. The lowest BCUT2D eigenvalue weighted by Crippen LogP contribution is -2.28. The highest BCUT2D eigenvalue weighted by Gasteiger charge is 2.19. The molecule has 3 aromatic rings. The zero-order valence-corrected chi connectivity index (χ0v) is 18.3. The lowest BCUT2D eigenvalue weighted by atomic mass is 10.1. The van der Waals surface area contributed by atoms with E-state index in [1.165, 1.54) is 4.68 Å². The van der Waals surface area contributed by atoms with Crippen LogP contribution in [0.15, 0.2) is 53.3 Å². The average molecular weight is 437 g/mol. The second kappa shape index (κ2) is 11.1. The molecule has 0 spiro atoms. The van der Waals surface area contributed by atoms with Crippen LogP contribution in [0.5, 0.6) is 5.75 Å². The number of hydrogen-bond acceptors (Lipinski definition) is 6. The van der Waals surface area contributed by atoms with Crippen LogP contribution in [0.4, 0.5) is 5.69 Å². The van der Waals surface area contributed by atoms with Crippen molar-refractivity contribution in [3.8, 4) is 5.75 Å². The molecule has 2 aromatic carbocycles. The third-order valence-corrected chi connectivity index (χ3v) is 4.99. The first-order valence-corrected chi connectivity index (χ1v) is 10.6. The number of carbonyl (C=O) groups is 2. The van der Waals surface area contributed by atoms with Gasteiger partial charge < -0.3 is 14.8 Å². The van der Waals surface area contributed by atoms with E-state index in [4.69, 9.17) is 9.47 Å². The van der Waals surface area contributed by atoms with Gasteiger partial charge in [0, 0.05) is 17.6 Å². The van der Waals surface area contributed by atoms with Gasteiger partial charge in [-0.2, -0.15) is 5.10 Å². The normalized spacial score (nSPS) is 10.7. The molecule has 1 heterocycles. The van der Waals surface area contributed by atoms with E-state index in [0.29, 0.717) is 28.8 Å². The molecule has 0 aliphatic rings. The first kappa shape index (κ1) is 23.0. The number of methoxy groups -OCH3 is 1. The Kier molecular flexibility index (Phi) is 7.96. The molecule has 1 N–H and O–H groups in total. The number of anilines is 1. The maximum atomic E-state index is 12.8. The Labute approximate surface area is 186 Å². The van der Waals surface area contributed by atoms with Crippen LogP contribution in [0, 0.1) is 0 Å². The predicted octanol–water partition coefficient (Wildman–Crippen LogP) is 3.78. The van der Waals surface area contributed by atoms with Crippen molar-refractivity contribution in [2.45, 2.75) is 39.2 Å². The number of esters is 1. The standard InChI is InChI=1S/C24H27N3O5/c1-3-4-5-8-15-27-23(29)20-10-7-6-9-19(20)22(26-27)24(30)32-16-21(28)25-17-11-13-18(31-2)14-12-17/h6-7,9-14H,3-5,8,15-16H2,1-2H3,(H,25,28). The van der Waals surface area contributed by atoms with Crippen LogP contribution in [0.1, 0.15) is 43.1 Å². The molecule has 0 aliphatic carbocycles. The summed E-state index contributed by atoms with van der Waals surface area (Å²) in [6.45, 7) is 2.05. The molecule has 168 valence electrons. The second-order valence-corrected chi connectivity index (χ2v) is 7.34.